The molecular formula is C15H19NO2. The Morgan fingerprint density at radius 3 is 2.61 bits per heavy atom. The van der Waals surface area contributed by atoms with Gasteiger partial charge in [0, 0.05) is 12.0 Å². The lowest BCUT2D eigenvalue weighted by atomic mass is 10.1. The van der Waals surface area contributed by atoms with E-state index in [1.807, 2.05) is 24.3 Å². The van der Waals surface area contributed by atoms with Gasteiger partial charge in [0.25, 0.3) is 0 Å². The van der Waals surface area contributed by atoms with Gasteiger partial charge in [0.05, 0.1) is 6.61 Å². The topological polar surface area (TPSA) is 44.5 Å². The van der Waals surface area contributed by atoms with Crippen molar-refractivity contribution < 1.29 is 9.47 Å². The second-order valence-electron chi connectivity index (χ2n) is 4.08. The van der Waals surface area contributed by atoms with Gasteiger partial charge in [0.15, 0.2) is 0 Å². The lowest BCUT2D eigenvalue weighted by Crippen LogP contribution is -2.10. The van der Waals surface area contributed by atoms with E-state index in [2.05, 4.69) is 18.2 Å². The Kier molecular flexibility index (Phi) is 5.00. The molecule has 96 valence electrons. The largest absolute Gasteiger partial charge is 0.491 e. The van der Waals surface area contributed by atoms with Crippen LogP contribution in [0.3, 0.4) is 0 Å². The lowest BCUT2D eigenvalue weighted by Gasteiger charge is -2.09. The van der Waals surface area contributed by atoms with Crippen LogP contribution in [0.4, 0.5) is 0 Å². The average molecular weight is 245 g/mol. The van der Waals surface area contributed by atoms with E-state index >= 15 is 0 Å². The first-order valence-corrected chi connectivity index (χ1v) is 6.30. The molecule has 2 N–H and O–H groups in total. The fourth-order valence-electron chi connectivity index (χ4n) is 1.82. The summed E-state index contributed by atoms with van der Waals surface area (Å²) in [5.41, 5.74) is 5.39. The Bertz CT molecular complexity index is 479. The maximum absolute atomic E-state index is 5.74. The fraction of sp³-hybridized carbons (Fsp3) is 0.333. The number of rotatable bonds is 7. The first-order chi connectivity index (χ1) is 8.92. The zero-order chi connectivity index (χ0) is 12.6. The van der Waals surface area contributed by atoms with Crippen LogP contribution in [0.5, 0.6) is 5.75 Å². The van der Waals surface area contributed by atoms with Crippen molar-refractivity contribution in [2.45, 2.75) is 6.42 Å². The van der Waals surface area contributed by atoms with E-state index in [1.54, 1.807) is 0 Å². The molecule has 2 rings (SSSR count). The van der Waals surface area contributed by atoms with Gasteiger partial charge in [0.2, 0.25) is 0 Å². The molecule has 0 aliphatic carbocycles. The minimum Gasteiger partial charge on any atom is -0.491 e. The highest BCUT2D eigenvalue weighted by Crippen LogP contribution is 2.24. The van der Waals surface area contributed by atoms with Crippen molar-refractivity contribution >= 4 is 10.8 Å². The Morgan fingerprint density at radius 1 is 0.889 bits per heavy atom. The van der Waals surface area contributed by atoms with Crippen LogP contribution in [0.2, 0.25) is 0 Å². The second kappa shape index (κ2) is 6.99. The summed E-state index contributed by atoms with van der Waals surface area (Å²) in [6, 6.07) is 14.3. The van der Waals surface area contributed by atoms with E-state index in [4.69, 9.17) is 15.2 Å². The van der Waals surface area contributed by atoms with Crippen LogP contribution in [0, 0.1) is 0 Å². The molecule has 3 nitrogen and oxygen atoms in total. The van der Waals surface area contributed by atoms with Crippen LogP contribution in [0.15, 0.2) is 42.5 Å². The van der Waals surface area contributed by atoms with Crippen molar-refractivity contribution in [1.82, 2.24) is 0 Å². The molecule has 0 radical (unpaired) electrons. The molecule has 0 aromatic heterocycles. The van der Waals surface area contributed by atoms with Crippen LogP contribution in [-0.2, 0) is 4.74 Å². The summed E-state index contributed by atoms with van der Waals surface area (Å²) in [5.74, 6) is 0.913. The predicted octanol–water partition coefficient (Wildman–Crippen LogP) is 2.58. The fourth-order valence-corrected chi connectivity index (χ4v) is 1.82. The number of hydrogen-bond acceptors (Lipinski definition) is 3. The second-order valence-corrected chi connectivity index (χ2v) is 4.08. The summed E-state index contributed by atoms with van der Waals surface area (Å²) in [5, 5.41) is 2.33. The van der Waals surface area contributed by atoms with Gasteiger partial charge in [-0.25, -0.2) is 0 Å². The van der Waals surface area contributed by atoms with Gasteiger partial charge in [-0.15, -0.1) is 0 Å². The Hall–Kier alpha value is -1.58. The minimum absolute atomic E-state index is 0.568. The summed E-state index contributed by atoms with van der Waals surface area (Å²) < 4.78 is 11.1. The summed E-state index contributed by atoms with van der Waals surface area (Å²) in [6.07, 6.45) is 0.897. The zero-order valence-electron chi connectivity index (χ0n) is 10.5. The van der Waals surface area contributed by atoms with Crippen LogP contribution < -0.4 is 10.5 Å². The number of hydrogen-bond donors (Lipinski definition) is 1. The third-order valence-corrected chi connectivity index (χ3v) is 2.73. The zero-order valence-corrected chi connectivity index (χ0v) is 10.5. The Balaban J connectivity index is 1.88. The molecule has 2 aromatic rings. The molecule has 0 saturated carbocycles. The van der Waals surface area contributed by atoms with Gasteiger partial charge in [0.1, 0.15) is 12.4 Å². The van der Waals surface area contributed by atoms with E-state index in [1.165, 1.54) is 5.39 Å². The first kappa shape index (κ1) is 12.9. The molecule has 0 aliphatic rings. The molecule has 0 spiro atoms. The molecule has 3 heteroatoms. The van der Waals surface area contributed by atoms with Gasteiger partial charge in [-0.2, -0.15) is 0 Å². The molecule has 0 bridgehead atoms. The van der Waals surface area contributed by atoms with Gasteiger partial charge < -0.3 is 15.2 Å². The maximum atomic E-state index is 5.74. The molecule has 0 saturated heterocycles. The molecular weight excluding hydrogens is 226 g/mol. The summed E-state index contributed by atoms with van der Waals surface area (Å²) in [7, 11) is 0. The molecule has 0 atom stereocenters. The van der Waals surface area contributed by atoms with Crippen LogP contribution in [0.25, 0.3) is 10.8 Å². The van der Waals surface area contributed by atoms with Crippen molar-refractivity contribution in [3.05, 3.63) is 42.5 Å². The lowest BCUT2D eigenvalue weighted by molar-refractivity contribution is 0.1000. The summed E-state index contributed by atoms with van der Waals surface area (Å²) in [6.45, 7) is 2.54. The van der Waals surface area contributed by atoms with Crippen molar-refractivity contribution in [3.8, 4) is 5.75 Å². The van der Waals surface area contributed by atoms with Crippen molar-refractivity contribution in [1.29, 1.82) is 0 Å². The van der Waals surface area contributed by atoms with Crippen molar-refractivity contribution in [2.24, 2.45) is 5.73 Å². The highest BCUT2D eigenvalue weighted by Gasteiger charge is 2.00. The van der Waals surface area contributed by atoms with Crippen LogP contribution >= 0.6 is 0 Å². The quantitative estimate of drug-likeness (QED) is 0.762. The number of benzene rings is 2. The Morgan fingerprint density at radius 2 is 1.72 bits per heavy atom. The van der Waals surface area contributed by atoms with Crippen LogP contribution in [0.1, 0.15) is 6.42 Å². The van der Waals surface area contributed by atoms with E-state index in [9.17, 15) is 0 Å². The van der Waals surface area contributed by atoms with E-state index in [0.717, 1.165) is 17.6 Å². The first-order valence-electron chi connectivity index (χ1n) is 6.30. The average Bonchev–Trinajstić information content (AvgIpc) is 2.43. The molecule has 0 unspecified atom stereocenters. The van der Waals surface area contributed by atoms with Gasteiger partial charge in [-0.1, -0.05) is 36.4 Å². The molecule has 18 heavy (non-hydrogen) atoms. The third kappa shape index (κ3) is 3.45. The van der Waals surface area contributed by atoms with Crippen molar-refractivity contribution in [2.75, 3.05) is 26.4 Å². The standard InChI is InChI=1S/C15H19NO2/c16-9-4-10-17-11-12-18-15-8-3-6-13-5-1-2-7-14(13)15/h1-3,5-8H,4,9-12,16H2. The minimum atomic E-state index is 0.568. The maximum Gasteiger partial charge on any atom is 0.127 e. The molecule has 2 aromatic carbocycles. The number of fused-ring (bicyclic) bond motifs is 1. The Labute approximate surface area is 108 Å². The molecule has 0 fully saturated rings. The number of ether oxygens (including phenoxy) is 2. The van der Waals surface area contributed by atoms with E-state index < -0.39 is 0 Å². The van der Waals surface area contributed by atoms with Gasteiger partial charge >= 0.3 is 0 Å². The monoisotopic (exact) mass is 245 g/mol. The highest BCUT2D eigenvalue weighted by atomic mass is 16.5. The molecule has 0 heterocycles. The van der Waals surface area contributed by atoms with Gasteiger partial charge in [-0.3, -0.25) is 0 Å². The third-order valence-electron chi connectivity index (χ3n) is 2.73. The SMILES string of the molecule is NCCCOCCOc1cccc2ccccc12. The predicted molar refractivity (Wildman–Crippen MR) is 73.9 cm³/mol. The normalized spacial score (nSPS) is 10.7. The smallest absolute Gasteiger partial charge is 0.127 e. The highest BCUT2D eigenvalue weighted by molar-refractivity contribution is 5.88. The molecule has 0 amide bonds. The molecule has 0 aliphatic heterocycles. The van der Waals surface area contributed by atoms with E-state index in [0.29, 0.717) is 26.4 Å². The summed E-state index contributed by atoms with van der Waals surface area (Å²) >= 11 is 0. The van der Waals surface area contributed by atoms with E-state index in [-0.39, 0.29) is 0 Å². The van der Waals surface area contributed by atoms with Crippen molar-refractivity contribution in [3.63, 3.8) is 0 Å². The van der Waals surface area contributed by atoms with Crippen LogP contribution in [-0.4, -0.2) is 26.4 Å². The summed E-state index contributed by atoms with van der Waals surface area (Å²) in [4.78, 5) is 0. The number of nitrogens with two attached hydrogens (primary N) is 1. The van der Waals surface area contributed by atoms with Gasteiger partial charge in [-0.05, 0) is 24.4 Å².